The lowest BCUT2D eigenvalue weighted by molar-refractivity contribution is -0.131. The van der Waals surface area contributed by atoms with Crippen molar-refractivity contribution in [3.63, 3.8) is 0 Å². The molecule has 1 fully saturated rings. The van der Waals surface area contributed by atoms with E-state index in [1.54, 1.807) is 4.90 Å². The number of rotatable bonds is 5. The van der Waals surface area contributed by atoms with E-state index in [9.17, 15) is 19.5 Å². The third-order valence-corrected chi connectivity index (χ3v) is 5.05. The van der Waals surface area contributed by atoms with Gasteiger partial charge >= 0.3 is 5.69 Å². The van der Waals surface area contributed by atoms with Gasteiger partial charge in [-0.15, -0.1) is 0 Å². The van der Waals surface area contributed by atoms with E-state index >= 15 is 0 Å². The average molecular weight is 380 g/mol. The van der Waals surface area contributed by atoms with Gasteiger partial charge in [0.25, 0.3) is 5.56 Å². The Morgan fingerprint density at radius 3 is 2.70 bits per heavy atom. The van der Waals surface area contributed by atoms with Gasteiger partial charge in [-0.05, 0) is 31.6 Å². The van der Waals surface area contributed by atoms with Crippen molar-refractivity contribution in [1.29, 1.82) is 0 Å². The summed E-state index contributed by atoms with van der Waals surface area (Å²) >= 11 is 0. The molecule has 8 nitrogen and oxygen atoms in total. The lowest BCUT2D eigenvalue weighted by Gasteiger charge is -2.33. The van der Waals surface area contributed by atoms with Gasteiger partial charge in [-0.3, -0.25) is 19.5 Å². The zero-order valence-electron chi connectivity index (χ0n) is 16.4. The molecule has 0 aliphatic carbocycles. The molecule has 27 heavy (non-hydrogen) atoms. The fourth-order valence-electron chi connectivity index (χ4n) is 3.28. The second-order valence-corrected chi connectivity index (χ2v) is 7.70. The summed E-state index contributed by atoms with van der Waals surface area (Å²) in [5.41, 5.74) is -0.847. The number of carbonyl (C=O) groups is 1. The molecule has 1 aliphatic rings. The van der Waals surface area contributed by atoms with Crippen molar-refractivity contribution >= 4 is 5.91 Å². The van der Waals surface area contributed by atoms with Crippen molar-refractivity contribution in [3.05, 3.63) is 32.6 Å². The SMILES string of the molecule is CC(C)CCN1CCN(C(=O)Cc2c[nH]c(=O)[nH]c2=O)CCCCCC1O. The molecule has 1 amide bonds. The molecule has 1 atom stereocenters. The van der Waals surface area contributed by atoms with Crippen LogP contribution in [0, 0.1) is 5.92 Å². The smallest absolute Gasteiger partial charge is 0.325 e. The van der Waals surface area contributed by atoms with Crippen LogP contribution in [0.1, 0.15) is 51.5 Å². The van der Waals surface area contributed by atoms with Gasteiger partial charge in [0.1, 0.15) is 6.23 Å². The van der Waals surface area contributed by atoms with Gasteiger partial charge in [0.2, 0.25) is 5.91 Å². The molecule has 2 heterocycles. The monoisotopic (exact) mass is 380 g/mol. The predicted molar refractivity (Wildman–Crippen MR) is 103 cm³/mol. The molecule has 0 aromatic carbocycles. The highest BCUT2D eigenvalue weighted by Crippen LogP contribution is 2.14. The molecule has 1 aromatic rings. The van der Waals surface area contributed by atoms with Crippen LogP contribution >= 0.6 is 0 Å². The van der Waals surface area contributed by atoms with Crippen molar-refractivity contribution in [2.24, 2.45) is 5.92 Å². The summed E-state index contributed by atoms with van der Waals surface area (Å²) in [7, 11) is 0. The molecule has 2 rings (SSSR count). The number of aliphatic hydroxyl groups is 1. The molecule has 0 radical (unpaired) electrons. The number of H-pyrrole nitrogens is 2. The van der Waals surface area contributed by atoms with Gasteiger partial charge in [-0.25, -0.2) is 4.79 Å². The van der Waals surface area contributed by atoms with Gasteiger partial charge in [-0.2, -0.15) is 0 Å². The number of hydrogen-bond acceptors (Lipinski definition) is 5. The number of hydrogen-bond donors (Lipinski definition) is 3. The van der Waals surface area contributed by atoms with E-state index in [-0.39, 0.29) is 17.9 Å². The lowest BCUT2D eigenvalue weighted by atomic mass is 10.1. The van der Waals surface area contributed by atoms with Crippen LogP contribution < -0.4 is 11.2 Å². The van der Waals surface area contributed by atoms with Crippen LogP contribution in [0.2, 0.25) is 0 Å². The van der Waals surface area contributed by atoms with E-state index in [1.165, 1.54) is 6.20 Å². The number of aromatic nitrogens is 2. The average Bonchev–Trinajstić information content (AvgIpc) is 2.61. The Kier molecular flexibility index (Phi) is 8.24. The Bertz CT molecular complexity index is 712. The molecule has 1 saturated heterocycles. The maximum atomic E-state index is 12.7. The minimum absolute atomic E-state index is 0.0410. The summed E-state index contributed by atoms with van der Waals surface area (Å²) in [4.78, 5) is 44.1. The molecular formula is C19H32N4O4. The zero-order chi connectivity index (χ0) is 19.8. The molecule has 152 valence electrons. The summed E-state index contributed by atoms with van der Waals surface area (Å²) in [6, 6.07) is 0. The minimum Gasteiger partial charge on any atom is -0.378 e. The fourth-order valence-corrected chi connectivity index (χ4v) is 3.28. The van der Waals surface area contributed by atoms with Crippen LogP contribution in [0.3, 0.4) is 0 Å². The number of nitrogens with zero attached hydrogens (tertiary/aromatic N) is 2. The highest BCUT2D eigenvalue weighted by Gasteiger charge is 2.21. The number of nitrogens with one attached hydrogen (secondary N) is 2. The fraction of sp³-hybridized carbons (Fsp3) is 0.737. The van der Waals surface area contributed by atoms with Gasteiger partial charge in [-0.1, -0.05) is 20.3 Å². The molecule has 1 unspecified atom stereocenters. The summed E-state index contributed by atoms with van der Waals surface area (Å²) in [5.74, 6) is 0.420. The Morgan fingerprint density at radius 1 is 1.22 bits per heavy atom. The second-order valence-electron chi connectivity index (χ2n) is 7.70. The van der Waals surface area contributed by atoms with Gasteiger partial charge in [0, 0.05) is 37.9 Å². The highest BCUT2D eigenvalue weighted by molar-refractivity contribution is 5.78. The molecule has 0 saturated carbocycles. The van der Waals surface area contributed by atoms with E-state index in [4.69, 9.17) is 0 Å². The lowest BCUT2D eigenvalue weighted by Crippen LogP contribution is -2.45. The zero-order valence-corrected chi connectivity index (χ0v) is 16.4. The molecular weight excluding hydrogens is 348 g/mol. The maximum Gasteiger partial charge on any atom is 0.325 e. The van der Waals surface area contributed by atoms with Crippen molar-refractivity contribution in [1.82, 2.24) is 19.8 Å². The first-order valence-electron chi connectivity index (χ1n) is 9.87. The Labute approximate surface area is 159 Å². The van der Waals surface area contributed by atoms with Crippen LogP contribution in [-0.4, -0.2) is 63.2 Å². The minimum atomic E-state index is -0.579. The first-order valence-corrected chi connectivity index (χ1v) is 9.87. The summed E-state index contributed by atoms with van der Waals surface area (Å²) in [6.07, 6.45) is 5.32. The van der Waals surface area contributed by atoms with Crippen molar-refractivity contribution in [3.8, 4) is 0 Å². The van der Waals surface area contributed by atoms with Crippen LogP contribution in [0.5, 0.6) is 0 Å². The van der Waals surface area contributed by atoms with E-state index in [0.29, 0.717) is 25.6 Å². The first kappa shape index (κ1) is 21.4. The van der Waals surface area contributed by atoms with Gasteiger partial charge < -0.3 is 15.0 Å². The van der Waals surface area contributed by atoms with E-state index in [1.807, 2.05) is 0 Å². The topological polar surface area (TPSA) is 110 Å². The van der Waals surface area contributed by atoms with Crippen LogP contribution in [0.4, 0.5) is 0 Å². The van der Waals surface area contributed by atoms with Crippen molar-refractivity contribution in [2.75, 3.05) is 26.2 Å². The Hall–Kier alpha value is -1.93. The largest absolute Gasteiger partial charge is 0.378 e. The van der Waals surface area contributed by atoms with Gasteiger partial charge in [0.05, 0.1) is 6.42 Å². The summed E-state index contributed by atoms with van der Waals surface area (Å²) in [6.45, 7) is 6.90. The van der Waals surface area contributed by atoms with Crippen molar-refractivity contribution in [2.45, 2.75) is 58.6 Å². The molecule has 0 spiro atoms. The third kappa shape index (κ3) is 6.95. The summed E-state index contributed by atoms with van der Waals surface area (Å²) in [5, 5.41) is 10.5. The first-order chi connectivity index (χ1) is 12.9. The second kappa shape index (κ2) is 10.4. The Balaban J connectivity index is 2.03. The van der Waals surface area contributed by atoms with Crippen LogP contribution in [0.15, 0.2) is 15.8 Å². The maximum absolute atomic E-state index is 12.7. The standard InChI is InChI=1S/C19H32N4O4/c1-14(2)7-9-23-11-10-22(8-5-3-4-6-16(23)24)17(25)12-15-13-20-19(27)21-18(15)26/h13-14,16,24H,3-12H2,1-2H3,(H2,20,21,26,27). The molecule has 1 aliphatic heterocycles. The van der Waals surface area contributed by atoms with E-state index in [2.05, 4.69) is 28.7 Å². The number of aliphatic hydroxyl groups excluding tert-OH is 1. The van der Waals surface area contributed by atoms with Gasteiger partial charge in [0.15, 0.2) is 0 Å². The number of carbonyl (C=O) groups excluding carboxylic acids is 1. The predicted octanol–water partition coefficient (Wildman–Crippen LogP) is 0.675. The Morgan fingerprint density at radius 2 is 2.00 bits per heavy atom. The van der Waals surface area contributed by atoms with Crippen LogP contribution in [0.25, 0.3) is 0 Å². The van der Waals surface area contributed by atoms with E-state index in [0.717, 1.165) is 38.6 Å². The quantitative estimate of drug-likeness (QED) is 0.696. The van der Waals surface area contributed by atoms with Crippen LogP contribution in [-0.2, 0) is 11.2 Å². The normalized spacial score (nSPS) is 20.0. The molecule has 1 aromatic heterocycles. The summed E-state index contributed by atoms with van der Waals surface area (Å²) < 4.78 is 0. The molecule has 3 N–H and O–H groups in total. The number of aromatic amines is 2. The van der Waals surface area contributed by atoms with Crippen molar-refractivity contribution < 1.29 is 9.90 Å². The third-order valence-electron chi connectivity index (χ3n) is 5.05. The van der Waals surface area contributed by atoms with E-state index < -0.39 is 17.5 Å². The number of amides is 1. The molecule has 8 heteroatoms. The highest BCUT2D eigenvalue weighted by atomic mass is 16.3. The molecule has 0 bridgehead atoms.